The predicted molar refractivity (Wildman–Crippen MR) is 158 cm³/mol. The van der Waals surface area contributed by atoms with E-state index in [9.17, 15) is 18.5 Å². The second kappa shape index (κ2) is 10.7. The van der Waals surface area contributed by atoms with Crippen LogP contribution in [-0.2, 0) is 9.36 Å². The van der Waals surface area contributed by atoms with Crippen LogP contribution >= 0.6 is 7.14 Å². The van der Waals surface area contributed by atoms with Gasteiger partial charge in [0.25, 0.3) is 0 Å². The van der Waals surface area contributed by atoms with Gasteiger partial charge in [-0.3, -0.25) is 14.3 Å². The summed E-state index contributed by atoms with van der Waals surface area (Å²) in [5.41, 5.74) is 0.327. The molecule has 212 valence electrons. The molecular formula is C30H30F2N5O3P. The van der Waals surface area contributed by atoms with E-state index in [0.29, 0.717) is 41.7 Å². The van der Waals surface area contributed by atoms with Crippen molar-refractivity contribution in [1.82, 2.24) is 19.4 Å². The second-order valence-corrected chi connectivity index (χ2v) is 13.7. The largest absolute Gasteiger partial charge is 0.354 e. The lowest BCUT2D eigenvalue weighted by molar-refractivity contribution is -0.126. The molecule has 0 aliphatic carbocycles. The van der Waals surface area contributed by atoms with E-state index < -0.39 is 24.5 Å². The minimum absolute atomic E-state index is 0.0328. The first kappa shape index (κ1) is 28.4. The molecule has 41 heavy (non-hydrogen) atoms. The molecule has 0 saturated carbocycles. The molecule has 4 aromatic rings. The molecule has 0 spiro atoms. The van der Waals surface area contributed by atoms with E-state index >= 15 is 4.39 Å². The molecule has 3 heterocycles. The fraction of sp³-hybridized carbons (Fsp3) is 0.267. The number of rotatable bonds is 5. The number of carbonyl (C=O) groups excluding carboxylic acids is 1. The Labute approximate surface area is 236 Å². The maximum atomic E-state index is 15.8. The molecule has 0 N–H and O–H groups in total. The van der Waals surface area contributed by atoms with Crippen molar-refractivity contribution in [3.8, 4) is 16.8 Å². The Morgan fingerprint density at radius 2 is 1.83 bits per heavy atom. The number of aromatic nitrogens is 3. The Kier molecular flexibility index (Phi) is 7.38. The summed E-state index contributed by atoms with van der Waals surface area (Å²) < 4.78 is 45.3. The summed E-state index contributed by atoms with van der Waals surface area (Å²) in [6.45, 7) is 11.4. The van der Waals surface area contributed by atoms with Gasteiger partial charge in [-0.1, -0.05) is 24.8 Å². The topological polar surface area (TPSA) is 88.4 Å². The molecule has 1 atom stereocenters. The third-order valence-corrected chi connectivity index (χ3v) is 8.92. The van der Waals surface area contributed by atoms with Crippen LogP contribution < -0.4 is 15.9 Å². The number of amides is 1. The third kappa shape index (κ3) is 5.08. The fourth-order valence-corrected chi connectivity index (χ4v) is 6.61. The first-order chi connectivity index (χ1) is 19.4. The molecule has 8 nitrogen and oxygen atoms in total. The SMILES string of the molecule is C=CC(=O)N1CCN(c2nc(=O)n(-c3c(P(C)(C)=O)ccnc3C)c3cc(-c4ccccc4F)c(F)cc23)[C@@H](C)C1. The maximum absolute atomic E-state index is 15.8. The fourth-order valence-electron chi connectivity index (χ4n) is 5.41. The number of carbonyl (C=O) groups is 1. The highest BCUT2D eigenvalue weighted by atomic mass is 31.2. The zero-order valence-corrected chi connectivity index (χ0v) is 24.2. The average Bonchev–Trinajstić information content (AvgIpc) is 2.92. The van der Waals surface area contributed by atoms with Crippen LogP contribution in [0.4, 0.5) is 14.6 Å². The Morgan fingerprint density at radius 3 is 2.49 bits per heavy atom. The van der Waals surface area contributed by atoms with Gasteiger partial charge in [-0.25, -0.2) is 13.6 Å². The monoisotopic (exact) mass is 577 g/mol. The molecule has 2 aromatic heterocycles. The van der Waals surface area contributed by atoms with Crippen molar-refractivity contribution in [2.45, 2.75) is 19.9 Å². The van der Waals surface area contributed by atoms with Gasteiger partial charge in [0.15, 0.2) is 0 Å². The highest BCUT2D eigenvalue weighted by Gasteiger charge is 2.30. The Hall–Kier alpha value is -4.17. The molecule has 2 aromatic carbocycles. The number of pyridine rings is 1. The summed E-state index contributed by atoms with van der Waals surface area (Å²) in [6, 6.07) is 9.87. The summed E-state index contributed by atoms with van der Waals surface area (Å²) in [5.74, 6) is -1.26. The van der Waals surface area contributed by atoms with E-state index in [1.165, 1.54) is 47.2 Å². The number of hydrogen-bond donors (Lipinski definition) is 0. The minimum atomic E-state index is -2.92. The zero-order chi connectivity index (χ0) is 29.6. The van der Waals surface area contributed by atoms with Crippen molar-refractivity contribution >= 4 is 35.1 Å². The third-order valence-electron chi connectivity index (χ3n) is 7.40. The van der Waals surface area contributed by atoms with Gasteiger partial charge in [0.2, 0.25) is 5.91 Å². The molecule has 1 aliphatic heterocycles. The number of nitrogens with zero attached hydrogens (tertiary/aromatic N) is 5. The number of fused-ring (bicyclic) bond motifs is 1. The molecular weight excluding hydrogens is 547 g/mol. The lowest BCUT2D eigenvalue weighted by Crippen LogP contribution is -2.54. The minimum Gasteiger partial charge on any atom is -0.350 e. The summed E-state index contributed by atoms with van der Waals surface area (Å²) in [4.78, 5) is 38.4. The van der Waals surface area contributed by atoms with Crippen LogP contribution in [0.25, 0.3) is 27.7 Å². The van der Waals surface area contributed by atoms with Crippen LogP contribution in [0.15, 0.2) is 66.1 Å². The number of anilines is 1. The second-order valence-electron chi connectivity index (χ2n) is 10.5. The van der Waals surface area contributed by atoms with Gasteiger partial charge in [-0.2, -0.15) is 4.98 Å². The summed E-state index contributed by atoms with van der Waals surface area (Å²) in [7, 11) is -2.92. The van der Waals surface area contributed by atoms with Crippen LogP contribution in [0.5, 0.6) is 0 Å². The zero-order valence-electron chi connectivity index (χ0n) is 23.3. The highest BCUT2D eigenvalue weighted by Crippen LogP contribution is 2.39. The summed E-state index contributed by atoms with van der Waals surface area (Å²) in [6.07, 6.45) is 2.78. The molecule has 1 fully saturated rings. The van der Waals surface area contributed by atoms with E-state index in [4.69, 9.17) is 0 Å². The van der Waals surface area contributed by atoms with Crippen LogP contribution in [-0.4, -0.2) is 64.3 Å². The van der Waals surface area contributed by atoms with Crippen LogP contribution in [0.1, 0.15) is 12.6 Å². The molecule has 5 rings (SSSR count). The molecule has 11 heteroatoms. The van der Waals surface area contributed by atoms with Gasteiger partial charge in [-0.05, 0) is 57.5 Å². The van der Waals surface area contributed by atoms with Crippen LogP contribution in [0.3, 0.4) is 0 Å². The van der Waals surface area contributed by atoms with Crippen molar-refractivity contribution < 1.29 is 18.1 Å². The van der Waals surface area contributed by atoms with Gasteiger partial charge >= 0.3 is 5.69 Å². The quantitative estimate of drug-likeness (QED) is 0.256. The Morgan fingerprint density at radius 1 is 1.10 bits per heavy atom. The molecule has 0 unspecified atom stereocenters. The summed E-state index contributed by atoms with van der Waals surface area (Å²) in [5, 5.41) is 0.735. The number of halogens is 2. The predicted octanol–water partition coefficient (Wildman–Crippen LogP) is 4.51. The smallest absolute Gasteiger partial charge is 0.350 e. The normalized spacial score (nSPS) is 15.8. The van der Waals surface area contributed by atoms with E-state index in [2.05, 4.69) is 16.5 Å². The first-order valence-electron chi connectivity index (χ1n) is 13.1. The van der Waals surface area contributed by atoms with Crippen LogP contribution in [0.2, 0.25) is 0 Å². The summed E-state index contributed by atoms with van der Waals surface area (Å²) >= 11 is 0. The number of hydrogen-bond acceptors (Lipinski definition) is 6. The Balaban J connectivity index is 1.84. The van der Waals surface area contributed by atoms with E-state index in [1.54, 1.807) is 37.3 Å². The number of benzene rings is 2. The lowest BCUT2D eigenvalue weighted by atomic mass is 10.0. The van der Waals surface area contributed by atoms with Crippen LogP contribution in [0, 0.1) is 18.6 Å². The van der Waals surface area contributed by atoms with E-state index in [1.807, 2.05) is 11.8 Å². The Bertz CT molecular complexity index is 1820. The molecule has 1 saturated heterocycles. The molecule has 0 bridgehead atoms. The van der Waals surface area contributed by atoms with Gasteiger partial charge in [0.1, 0.15) is 24.6 Å². The standard InChI is InChI=1S/C30H30F2N5O3P/c1-6-27(38)35-13-14-36(18(2)17-35)29-22-15-24(32)21(20-9-7-8-10-23(20)31)16-25(22)37(30(39)34-29)28-19(3)33-12-11-26(28)41(4,5)40/h6-12,15-16,18H,1,13-14,17H2,2-5H3/t18-/m0/s1. The van der Waals surface area contributed by atoms with Gasteiger partial charge in [-0.15, -0.1) is 0 Å². The van der Waals surface area contributed by atoms with Crippen molar-refractivity contribution in [3.63, 3.8) is 0 Å². The van der Waals surface area contributed by atoms with Gasteiger partial charge < -0.3 is 14.4 Å². The number of aryl methyl sites for hydroxylation is 1. The van der Waals surface area contributed by atoms with Crippen molar-refractivity contribution in [3.05, 3.63) is 89.1 Å². The lowest BCUT2D eigenvalue weighted by Gasteiger charge is -2.40. The van der Waals surface area contributed by atoms with Gasteiger partial charge in [0.05, 0.1) is 16.9 Å². The number of piperazine rings is 1. The van der Waals surface area contributed by atoms with E-state index in [0.717, 1.165) is 0 Å². The van der Waals surface area contributed by atoms with E-state index in [-0.39, 0.29) is 34.4 Å². The molecule has 0 radical (unpaired) electrons. The average molecular weight is 578 g/mol. The maximum Gasteiger partial charge on any atom is 0.354 e. The van der Waals surface area contributed by atoms with Crippen molar-refractivity contribution in [2.24, 2.45) is 0 Å². The first-order valence-corrected chi connectivity index (χ1v) is 15.7. The highest BCUT2D eigenvalue weighted by molar-refractivity contribution is 7.70. The van der Waals surface area contributed by atoms with Gasteiger partial charge in [0, 0.05) is 53.7 Å². The van der Waals surface area contributed by atoms with Crippen molar-refractivity contribution in [1.29, 1.82) is 0 Å². The van der Waals surface area contributed by atoms with Crippen molar-refractivity contribution in [2.75, 3.05) is 37.9 Å². The molecule has 1 amide bonds. The molecule has 1 aliphatic rings.